The summed E-state index contributed by atoms with van der Waals surface area (Å²) in [5.41, 5.74) is 1.51. The monoisotopic (exact) mass is 242 g/mol. The molecule has 0 atom stereocenters. The lowest BCUT2D eigenvalue weighted by molar-refractivity contribution is -0.171. The first-order valence-electron chi connectivity index (χ1n) is 5.62. The third kappa shape index (κ3) is 3.80. The fourth-order valence-electron chi connectivity index (χ4n) is 1.46. The molecule has 0 bridgehead atoms. The number of rotatable bonds is 5. The van der Waals surface area contributed by atoms with Crippen molar-refractivity contribution < 1.29 is 18.3 Å². The van der Waals surface area contributed by atoms with Crippen LogP contribution in [0.3, 0.4) is 0 Å². The van der Waals surface area contributed by atoms with Crippen LogP contribution in [0.5, 0.6) is 0 Å². The van der Waals surface area contributed by atoms with Gasteiger partial charge in [-0.2, -0.15) is 8.78 Å². The summed E-state index contributed by atoms with van der Waals surface area (Å²) < 4.78 is 31.1. The molecule has 0 saturated heterocycles. The first-order valence-corrected chi connectivity index (χ1v) is 5.62. The van der Waals surface area contributed by atoms with E-state index >= 15 is 0 Å². The topological polar surface area (TPSA) is 26.3 Å². The molecule has 0 aliphatic carbocycles. The van der Waals surface area contributed by atoms with E-state index < -0.39 is 18.3 Å². The molecule has 17 heavy (non-hydrogen) atoms. The minimum absolute atomic E-state index is 0.0385. The van der Waals surface area contributed by atoms with Crippen LogP contribution >= 0.6 is 0 Å². The number of hydrogen-bond acceptors (Lipinski definition) is 2. The van der Waals surface area contributed by atoms with Gasteiger partial charge in [0.2, 0.25) is 0 Å². The standard InChI is InChI=1S/C13H16F2O2/c1-3-10-5-7-11(8-6-10)9-13(14,15)12(16)17-4-2/h5-8H,3-4,9H2,1-2H3. The second kappa shape index (κ2) is 5.75. The quantitative estimate of drug-likeness (QED) is 0.742. The average molecular weight is 242 g/mol. The fourth-order valence-corrected chi connectivity index (χ4v) is 1.46. The molecule has 0 heterocycles. The lowest BCUT2D eigenvalue weighted by Crippen LogP contribution is -2.33. The van der Waals surface area contributed by atoms with Crippen LogP contribution in [0.1, 0.15) is 25.0 Å². The van der Waals surface area contributed by atoms with Crippen molar-refractivity contribution >= 4 is 5.97 Å². The summed E-state index contributed by atoms with van der Waals surface area (Å²) in [5.74, 6) is -4.91. The molecule has 0 aliphatic heterocycles. The number of esters is 1. The Balaban J connectivity index is 2.71. The van der Waals surface area contributed by atoms with Crippen LogP contribution in [0.25, 0.3) is 0 Å². The van der Waals surface area contributed by atoms with Crippen molar-refractivity contribution in [2.75, 3.05) is 6.61 Å². The molecule has 1 rings (SSSR count). The van der Waals surface area contributed by atoms with Gasteiger partial charge in [0.15, 0.2) is 0 Å². The normalized spacial score (nSPS) is 11.3. The smallest absolute Gasteiger partial charge is 0.377 e. The number of carbonyl (C=O) groups is 1. The molecule has 94 valence electrons. The van der Waals surface area contributed by atoms with Crippen LogP contribution in [0.15, 0.2) is 24.3 Å². The summed E-state index contributed by atoms with van der Waals surface area (Å²) in [6.07, 6.45) is 0.240. The van der Waals surface area contributed by atoms with Crippen molar-refractivity contribution in [3.05, 3.63) is 35.4 Å². The van der Waals surface area contributed by atoms with Gasteiger partial charge in [0.05, 0.1) is 6.61 Å². The zero-order chi connectivity index (χ0) is 12.9. The highest BCUT2D eigenvalue weighted by atomic mass is 19.3. The van der Waals surface area contributed by atoms with Crippen molar-refractivity contribution in [3.63, 3.8) is 0 Å². The van der Waals surface area contributed by atoms with Crippen LogP contribution in [0, 0.1) is 0 Å². The second-order valence-electron chi connectivity index (χ2n) is 3.77. The average Bonchev–Trinajstić information content (AvgIpc) is 2.30. The molecule has 2 nitrogen and oxygen atoms in total. The zero-order valence-corrected chi connectivity index (χ0v) is 10.0. The van der Waals surface area contributed by atoms with Crippen LogP contribution in [-0.2, 0) is 22.4 Å². The third-order valence-corrected chi connectivity index (χ3v) is 2.43. The van der Waals surface area contributed by atoms with Gasteiger partial charge in [-0.1, -0.05) is 31.2 Å². The van der Waals surface area contributed by atoms with Crippen LogP contribution in [0.2, 0.25) is 0 Å². The highest BCUT2D eigenvalue weighted by Crippen LogP contribution is 2.22. The Labute approximate surface area is 99.6 Å². The van der Waals surface area contributed by atoms with Crippen molar-refractivity contribution in [1.82, 2.24) is 0 Å². The number of ether oxygens (including phenoxy) is 1. The largest absolute Gasteiger partial charge is 0.462 e. The highest BCUT2D eigenvalue weighted by molar-refractivity contribution is 5.77. The number of halogens is 2. The minimum atomic E-state index is -3.45. The summed E-state index contributed by atoms with van der Waals surface area (Å²) in [4.78, 5) is 11.0. The molecule has 4 heteroatoms. The van der Waals surface area contributed by atoms with Gasteiger partial charge in [-0.15, -0.1) is 0 Å². The maximum Gasteiger partial charge on any atom is 0.377 e. The third-order valence-electron chi connectivity index (χ3n) is 2.43. The lowest BCUT2D eigenvalue weighted by Gasteiger charge is -2.14. The first kappa shape index (κ1) is 13.6. The van der Waals surface area contributed by atoms with Crippen molar-refractivity contribution in [2.45, 2.75) is 32.6 Å². The molecule has 0 amide bonds. The summed E-state index contributed by atoms with van der Waals surface area (Å²) in [5, 5.41) is 0. The molecule has 0 aromatic heterocycles. The van der Waals surface area contributed by atoms with Gasteiger partial charge in [-0.25, -0.2) is 4.79 Å². The predicted molar refractivity (Wildman–Crippen MR) is 61.1 cm³/mol. The molecular formula is C13H16F2O2. The van der Waals surface area contributed by atoms with E-state index in [2.05, 4.69) is 4.74 Å². The molecule has 0 radical (unpaired) electrons. The minimum Gasteiger partial charge on any atom is -0.462 e. The molecule has 0 spiro atoms. The molecule has 0 unspecified atom stereocenters. The fraction of sp³-hybridized carbons (Fsp3) is 0.462. The highest BCUT2D eigenvalue weighted by Gasteiger charge is 2.40. The van der Waals surface area contributed by atoms with Crippen molar-refractivity contribution in [3.8, 4) is 0 Å². The summed E-state index contributed by atoms with van der Waals surface area (Å²) in [6.45, 7) is 3.45. The SMILES string of the molecule is CCOC(=O)C(F)(F)Cc1ccc(CC)cc1. The number of aryl methyl sites for hydroxylation is 1. The molecule has 1 aromatic carbocycles. The van der Waals surface area contributed by atoms with Crippen LogP contribution in [-0.4, -0.2) is 18.5 Å². The number of carbonyl (C=O) groups excluding carboxylic acids is 1. The molecule has 0 fully saturated rings. The first-order chi connectivity index (χ1) is 7.99. The van der Waals surface area contributed by atoms with E-state index in [0.29, 0.717) is 5.56 Å². The Morgan fingerprint density at radius 3 is 2.18 bits per heavy atom. The van der Waals surface area contributed by atoms with Crippen LogP contribution in [0.4, 0.5) is 8.78 Å². The predicted octanol–water partition coefficient (Wildman–Crippen LogP) is 2.99. The van der Waals surface area contributed by atoms with Gasteiger partial charge in [0.1, 0.15) is 0 Å². The zero-order valence-electron chi connectivity index (χ0n) is 10.0. The van der Waals surface area contributed by atoms with Gasteiger partial charge in [0.25, 0.3) is 0 Å². The van der Waals surface area contributed by atoms with Crippen LogP contribution < -0.4 is 0 Å². The lowest BCUT2D eigenvalue weighted by atomic mass is 10.0. The van der Waals surface area contributed by atoms with Gasteiger partial charge in [0, 0.05) is 6.42 Å². The van der Waals surface area contributed by atoms with Gasteiger partial charge in [-0.05, 0) is 24.5 Å². The van der Waals surface area contributed by atoms with E-state index in [1.807, 2.05) is 6.92 Å². The van der Waals surface area contributed by atoms with E-state index in [9.17, 15) is 13.6 Å². The maximum absolute atomic E-state index is 13.4. The summed E-state index contributed by atoms with van der Waals surface area (Å²) in [7, 11) is 0. The molecule has 1 aromatic rings. The number of benzene rings is 1. The van der Waals surface area contributed by atoms with Gasteiger partial charge >= 0.3 is 11.9 Å². The van der Waals surface area contributed by atoms with E-state index in [1.54, 1.807) is 24.3 Å². The Morgan fingerprint density at radius 2 is 1.71 bits per heavy atom. The summed E-state index contributed by atoms with van der Waals surface area (Å²) >= 11 is 0. The van der Waals surface area contributed by atoms with Gasteiger partial charge < -0.3 is 4.74 Å². The van der Waals surface area contributed by atoms with Crippen molar-refractivity contribution in [2.24, 2.45) is 0 Å². The Bertz CT molecular complexity index is 372. The van der Waals surface area contributed by atoms with E-state index in [-0.39, 0.29) is 6.61 Å². The Hall–Kier alpha value is -1.45. The van der Waals surface area contributed by atoms with E-state index in [1.165, 1.54) is 6.92 Å². The van der Waals surface area contributed by atoms with E-state index in [0.717, 1.165) is 12.0 Å². The molecule has 0 saturated carbocycles. The van der Waals surface area contributed by atoms with Gasteiger partial charge in [-0.3, -0.25) is 0 Å². The molecular weight excluding hydrogens is 226 g/mol. The number of alkyl halides is 2. The van der Waals surface area contributed by atoms with E-state index in [4.69, 9.17) is 0 Å². The number of hydrogen-bond donors (Lipinski definition) is 0. The second-order valence-corrected chi connectivity index (χ2v) is 3.77. The Kier molecular flexibility index (Phi) is 4.61. The Morgan fingerprint density at radius 1 is 1.18 bits per heavy atom. The maximum atomic E-state index is 13.4. The summed E-state index contributed by atoms with van der Waals surface area (Å²) in [6, 6.07) is 6.81. The molecule has 0 N–H and O–H groups in total. The van der Waals surface area contributed by atoms with Crippen molar-refractivity contribution in [1.29, 1.82) is 0 Å². The molecule has 0 aliphatic rings.